The number of guanidine groups is 1. The Hall–Kier alpha value is -1.58. The van der Waals surface area contributed by atoms with Crippen LogP contribution in [0.15, 0.2) is 29.3 Å². The molecule has 0 amide bonds. The van der Waals surface area contributed by atoms with Gasteiger partial charge >= 0.3 is 0 Å². The average molecular weight is 275 g/mol. The predicted octanol–water partition coefficient (Wildman–Crippen LogP) is 3.30. The zero-order valence-corrected chi connectivity index (χ0v) is 12.0. The van der Waals surface area contributed by atoms with E-state index in [0.717, 1.165) is 12.8 Å². The van der Waals surface area contributed by atoms with E-state index in [1.165, 1.54) is 25.3 Å². The van der Waals surface area contributed by atoms with Crippen LogP contribution in [0.1, 0.15) is 39.0 Å². The summed E-state index contributed by atoms with van der Waals surface area (Å²) >= 11 is 0. The van der Waals surface area contributed by atoms with Gasteiger partial charge < -0.3 is 10.6 Å². The van der Waals surface area contributed by atoms with Gasteiger partial charge in [-0.05, 0) is 30.9 Å². The van der Waals surface area contributed by atoms with E-state index in [0.29, 0.717) is 24.1 Å². The van der Waals surface area contributed by atoms with E-state index in [1.807, 2.05) is 17.0 Å². The summed E-state index contributed by atoms with van der Waals surface area (Å²) in [5.74, 6) is 0.781. The van der Waals surface area contributed by atoms with Crippen LogP contribution in [0.5, 0.6) is 0 Å². The van der Waals surface area contributed by atoms with Gasteiger partial charge in [-0.25, -0.2) is 4.39 Å². The van der Waals surface area contributed by atoms with Gasteiger partial charge in [-0.2, -0.15) is 0 Å². The van der Waals surface area contributed by atoms with Gasteiger partial charge in [0.1, 0.15) is 5.82 Å². The van der Waals surface area contributed by atoms with Crippen molar-refractivity contribution in [1.29, 1.82) is 0 Å². The lowest BCUT2D eigenvalue weighted by Crippen LogP contribution is -2.58. The van der Waals surface area contributed by atoms with E-state index in [4.69, 9.17) is 5.73 Å². The van der Waals surface area contributed by atoms with Gasteiger partial charge in [0.15, 0.2) is 5.96 Å². The van der Waals surface area contributed by atoms with Gasteiger partial charge in [0.25, 0.3) is 0 Å². The highest BCUT2D eigenvalue weighted by molar-refractivity contribution is 5.98. The lowest BCUT2D eigenvalue weighted by atomic mass is 9.70. The number of rotatable bonds is 2. The Balaban J connectivity index is 2.06. The third-order valence-electron chi connectivity index (χ3n) is 4.95. The number of halogens is 1. The molecule has 2 unspecified atom stereocenters. The summed E-state index contributed by atoms with van der Waals surface area (Å²) in [5.41, 5.74) is 6.58. The maximum Gasteiger partial charge on any atom is 0.196 e. The molecule has 108 valence electrons. The molecule has 3 nitrogen and oxygen atoms in total. The molecule has 1 fully saturated rings. The summed E-state index contributed by atoms with van der Waals surface area (Å²) in [4.78, 5) is 6.45. The van der Waals surface area contributed by atoms with E-state index in [-0.39, 0.29) is 11.4 Å². The van der Waals surface area contributed by atoms with Crippen LogP contribution in [-0.4, -0.2) is 18.0 Å². The molecular weight excluding hydrogens is 253 g/mol. The first kappa shape index (κ1) is 13.4. The van der Waals surface area contributed by atoms with Gasteiger partial charge in [0.2, 0.25) is 0 Å². The van der Waals surface area contributed by atoms with Crippen molar-refractivity contribution in [3.05, 3.63) is 30.1 Å². The number of hydrogen-bond donors (Lipinski definition) is 1. The van der Waals surface area contributed by atoms with Crippen molar-refractivity contribution in [2.75, 3.05) is 11.4 Å². The van der Waals surface area contributed by atoms with Crippen LogP contribution in [0, 0.1) is 11.7 Å². The Labute approximate surface area is 119 Å². The number of aliphatic imine (C=N–C) groups is 1. The molecule has 0 saturated heterocycles. The molecule has 0 aromatic heterocycles. The molecule has 2 aliphatic rings. The molecule has 1 heterocycles. The molecule has 1 spiro atoms. The first-order valence-corrected chi connectivity index (χ1v) is 7.54. The van der Waals surface area contributed by atoms with Crippen LogP contribution in [0.25, 0.3) is 0 Å². The largest absolute Gasteiger partial charge is 0.369 e. The van der Waals surface area contributed by atoms with Crippen LogP contribution in [0.2, 0.25) is 0 Å². The molecule has 0 radical (unpaired) electrons. The van der Waals surface area contributed by atoms with Crippen molar-refractivity contribution >= 4 is 11.6 Å². The van der Waals surface area contributed by atoms with Crippen molar-refractivity contribution in [2.24, 2.45) is 16.6 Å². The highest BCUT2D eigenvalue weighted by Crippen LogP contribution is 2.45. The second-order valence-corrected chi connectivity index (χ2v) is 5.92. The lowest BCUT2D eigenvalue weighted by molar-refractivity contribution is 0.200. The van der Waals surface area contributed by atoms with E-state index >= 15 is 0 Å². The molecule has 1 aliphatic carbocycles. The molecule has 1 saturated carbocycles. The number of anilines is 1. The van der Waals surface area contributed by atoms with Crippen molar-refractivity contribution in [3.8, 4) is 0 Å². The molecule has 4 heteroatoms. The molecule has 2 N–H and O–H groups in total. The summed E-state index contributed by atoms with van der Waals surface area (Å²) < 4.78 is 14.2. The summed E-state index contributed by atoms with van der Waals surface area (Å²) in [5, 5.41) is 0. The summed E-state index contributed by atoms with van der Waals surface area (Å²) in [6.07, 6.45) is 5.75. The maximum atomic E-state index is 14.2. The van der Waals surface area contributed by atoms with E-state index in [9.17, 15) is 4.39 Å². The second-order valence-electron chi connectivity index (χ2n) is 5.92. The quantitative estimate of drug-likeness (QED) is 0.899. The number of hydrogen-bond acceptors (Lipinski definition) is 3. The molecule has 1 aliphatic heterocycles. The number of para-hydroxylation sites is 1. The zero-order valence-electron chi connectivity index (χ0n) is 12.0. The third kappa shape index (κ3) is 1.89. The summed E-state index contributed by atoms with van der Waals surface area (Å²) in [6.45, 7) is 2.91. The Bertz CT molecular complexity index is 528. The van der Waals surface area contributed by atoms with Crippen LogP contribution < -0.4 is 10.6 Å². The lowest BCUT2D eigenvalue weighted by Gasteiger charge is -2.47. The Morgan fingerprint density at radius 1 is 1.40 bits per heavy atom. The standard InChI is InChI=1S/C16H22FN3/c1-2-12-7-5-6-10-16(12)11-19-15(18)20(16)14-9-4-3-8-13(14)17/h3-4,8-9,12H,2,5-7,10-11H2,1H3,(H2,18,19). The maximum absolute atomic E-state index is 14.2. The smallest absolute Gasteiger partial charge is 0.196 e. The first-order chi connectivity index (χ1) is 9.69. The van der Waals surface area contributed by atoms with Crippen LogP contribution in [-0.2, 0) is 0 Å². The molecule has 3 rings (SSSR count). The highest BCUT2D eigenvalue weighted by atomic mass is 19.1. The molecular formula is C16H22FN3. The van der Waals surface area contributed by atoms with Gasteiger partial charge in [0.05, 0.1) is 17.8 Å². The SMILES string of the molecule is CCC1CCCCC12CN=C(N)N2c1ccccc1F. The van der Waals surface area contributed by atoms with Gasteiger partial charge in [-0.1, -0.05) is 38.3 Å². The predicted molar refractivity (Wildman–Crippen MR) is 80.3 cm³/mol. The number of nitrogens with two attached hydrogens (primary N) is 1. The topological polar surface area (TPSA) is 41.6 Å². The number of benzene rings is 1. The molecule has 0 bridgehead atoms. The third-order valence-corrected chi connectivity index (χ3v) is 4.95. The van der Waals surface area contributed by atoms with Crippen LogP contribution in [0.3, 0.4) is 0 Å². The van der Waals surface area contributed by atoms with Crippen molar-refractivity contribution in [1.82, 2.24) is 0 Å². The summed E-state index contributed by atoms with van der Waals surface area (Å²) in [7, 11) is 0. The monoisotopic (exact) mass is 275 g/mol. The Morgan fingerprint density at radius 2 is 2.20 bits per heavy atom. The van der Waals surface area contributed by atoms with Gasteiger partial charge in [0, 0.05) is 0 Å². The van der Waals surface area contributed by atoms with Gasteiger partial charge in [-0.15, -0.1) is 0 Å². The fourth-order valence-corrected chi connectivity index (χ4v) is 3.97. The van der Waals surface area contributed by atoms with Gasteiger partial charge in [-0.3, -0.25) is 4.99 Å². The van der Waals surface area contributed by atoms with Crippen molar-refractivity contribution in [3.63, 3.8) is 0 Å². The van der Waals surface area contributed by atoms with Crippen molar-refractivity contribution < 1.29 is 4.39 Å². The molecule has 20 heavy (non-hydrogen) atoms. The van der Waals surface area contributed by atoms with Crippen molar-refractivity contribution in [2.45, 2.75) is 44.6 Å². The normalized spacial score (nSPS) is 29.8. The number of nitrogens with zero attached hydrogens (tertiary/aromatic N) is 2. The van der Waals surface area contributed by atoms with Crippen LogP contribution >= 0.6 is 0 Å². The highest BCUT2D eigenvalue weighted by Gasteiger charge is 2.49. The van der Waals surface area contributed by atoms with E-state index < -0.39 is 0 Å². The fraction of sp³-hybridized carbons (Fsp3) is 0.562. The molecule has 2 atom stereocenters. The second kappa shape index (κ2) is 5.08. The minimum absolute atomic E-state index is 0.112. The average Bonchev–Trinajstić information content (AvgIpc) is 2.78. The Kier molecular flexibility index (Phi) is 3.40. The summed E-state index contributed by atoms with van der Waals surface area (Å²) in [6, 6.07) is 6.89. The molecule has 1 aromatic rings. The fourth-order valence-electron chi connectivity index (χ4n) is 3.97. The first-order valence-electron chi connectivity index (χ1n) is 7.54. The minimum atomic E-state index is -0.215. The van der Waals surface area contributed by atoms with Crippen LogP contribution in [0.4, 0.5) is 10.1 Å². The minimum Gasteiger partial charge on any atom is -0.369 e. The van der Waals surface area contributed by atoms with E-state index in [1.54, 1.807) is 6.07 Å². The zero-order chi connectivity index (χ0) is 14.2. The molecule has 1 aromatic carbocycles. The van der Waals surface area contributed by atoms with E-state index in [2.05, 4.69) is 11.9 Å². The Morgan fingerprint density at radius 3 is 2.95 bits per heavy atom.